The summed E-state index contributed by atoms with van der Waals surface area (Å²) in [6.07, 6.45) is 2.01. The number of hydrogen-bond acceptors (Lipinski definition) is 3. The summed E-state index contributed by atoms with van der Waals surface area (Å²) in [6, 6.07) is 7.15. The SMILES string of the molecule is CCC(CC)C(C)C(=O)N(C)Cc1ccc(OCC(=O)O)cc1. The van der Waals surface area contributed by atoms with Crippen LogP contribution in [0.25, 0.3) is 0 Å². The van der Waals surface area contributed by atoms with Gasteiger partial charge >= 0.3 is 5.97 Å². The average Bonchev–Trinajstić information content (AvgIpc) is 2.54. The Hall–Kier alpha value is -2.04. The van der Waals surface area contributed by atoms with Crippen LogP contribution in [0.15, 0.2) is 24.3 Å². The summed E-state index contributed by atoms with van der Waals surface area (Å²) in [4.78, 5) is 24.7. The first-order valence-corrected chi connectivity index (χ1v) is 8.07. The molecule has 0 aliphatic heterocycles. The van der Waals surface area contributed by atoms with Crippen LogP contribution in [0, 0.1) is 11.8 Å². The minimum Gasteiger partial charge on any atom is -0.482 e. The maximum absolute atomic E-state index is 12.5. The maximum atomic E-state index is 12.5. The molecular formula is C18H27NO4. The zero-order valence-corrected chi connectivity index (χ0v) is 14.4. The fourth-order valence-corrected chi connectivity index (χ4v) is 2.73. The maximum Gasteiger partial charge on any atom is 0.341 e. The van der Waals surface area contributed by atoms with E-state index >= 15 is 0 Å². The molecule has 0 radical (unpaired) electrons. The third-order valence-electron chi connectivity index (χ3n) is 4.23. The molecule has 5 heteroatoms. The molecule has 23 heavy (non-hydrogen) atoms. The summed E-state index contributed by atoms with van der Waals surface area (Å²) in [5.41, 5.74) is 0.986. The molecule has 0 fully saturated rings. The van der Waals surface area contributed by atoms with Crippen LogP contribution >= 0.6 is 0 Å². The van der Waals surface area contributed by atoms with Crippen molar-refractivity contribution in [1.82, 2.24) is 4.90 Å². The van der Waals surface area contributed by atoms with E-state index < -0.39 is 5.97 Å². The molecular weight excluding hydrogens is 294 g/mol. The van der Waals surface area contributed by atoms with Gasteiger partial charge in [0.15, 0.2) is 6.61 Å². The van der Waals surface area contributed by atoms with Crippen LogP contribution in [0.2, 0.25) is 0 Å². The Labute approximate surface area is 138 Å². The summed E-state index contributed by atoms with van der Waals surface area (Å²) in [6.45, 7) is 6.41. The molecule has 0 bridgehead atoms. The van der Waals surface area contributed by atoms with Crippen molar-refractivity contribution >= 4 is 11.9 Å². The lowest BCUT2D eigenvalue weighted by Crippen LogP contribution is -2.34. The van der Waals surface area contributed by atoms with Gasteiger partial charge in [-0.05, 0) is 23.6 Å². The van der Waals surface area contributed by atoms with E-state index in [4.69, 9.17) is 9.84 Å². The number of benzene rings is 1. The highest BCUT2D eigenvalue weighted by molar-refractivity contribution is 5.78. The van der Waals surface area contributed by atoms with Crippen LogP contribution in [-0.4, -0.2) is 35.5 Å². The van der Waals surface area contributed by atoms with Gasteiger partial charge in [-0.3, -0.25) is 4.79 Å². The molecule has 128 valence electrons. The Balaban J connectivity index is 2.61. The molecule has 1 atom stereocenters. The molecule has 0 aliphatic carbocycles. The van der Waals surface area contributed by atoms with Gasteiger partial charge in [0.05, 0.1) is 0 Å². The monoisotopic (exact) mass is 321 g/mol. The fraction of sp³-hybridized carbons (Fsp3) is 0.556. The van der Waals surface area contributed by atoms with Crippen LogP contribution in [0.5, 0.6) is 5.75 Å². The second-order valence-electron chi connectivity index (χ2n) is 5.89. The Morgan fingerprint density at radius 2 is 1.74 bits per heavy atom. The molecule has 1 N–H and O–H groups in total. The van der Waals surface area contributed by atoms with Crippen molar-refractivity contribution in [3.8, 4) is 5.75 Å². The summed E-state index contributed by atoms with van der Waals surface area (Å²) >= 11 is 0. The molecule has 0 heterocycles. The first-order chi connectivity index (χ1) is 10.9. The van der Waals surface area contributed by atoms with E-state index in [-0.39, 0.29) is 18.4 Å². The molecule has 0 spiro atoms. The van der Waals surface area contributed by atoms with Gasteiger partial charge in [-0.2, -0.15) is 0 Å². The highest BCUT2D eigenvalue weighted by Gasteiger charge is 2.24. The van der Waals surface area contributed by atoms with Crippen molar-refractivity contribution in [2.24, 2.45) is 11.8 Å². The Bertz CT molecular complexity index is 508. The van der Waals surface area contributed by atoms with Crippen LogP contribution < -0.4 is 4.74 Å². The summed E-state index contributed by atoms with van der Waals surface area (Å²) in [5.74, 6) is 0.0974. The Morgan fingerprint density at radius 3 is 2.22 bits per heavy atom. The number of rotatable bonds is 9. The average molecular weight is 321 g/mol. The predicted octanol–water partition coefficient (Wildman–Crippen LogP) is 3.18. The Morgan fingerprint density at radius 1 is 1.17 bits per heavy atom. The van der Waals surface area contributed by atoms with Crippen molar-refractivity contribution in [3.05, 3.63) is 29.8 Å². The van der Waals surface area contributed by atoms with Gasteiger partial charge in [0.1, 0.15) is 5.75 Å². The van der Waals surface area contributed by atoms with Crippen molar-refractivity contribution in [1.29, 1.82) is 0 Å². The van der Waals surface area contributed by atoms with Gasteiger partial charge in [-0.25, -0.2) is 4.79 Å². The summed E-state index contributed by atoms with van der Waals surface area (Å²) in [5, 5.41) is 8.58. The van der Waals surface area contributed by atoms with E-state index in [1.165, 1.54) is 0 Å². The van der Waals surface area contributed by atoms with Crippen molar-refractivity contribution in [2.75, 3.05) is 13.7 Å². The van der Waals surface area contributed by atoms with E-state index in [0.29, 0.717) is 18.2 Å². The number of carbonyl (C=O) groups excluding carboxylic acids is 1. The lowest BCUT2D eigenvalue weighted by atomic mass is 9.88. The topological polar surface area (TPSA) is 66.8 Å². The number of ether oxygens (including phenoxy) is 1. The quantitative estimate of drug-likeness (QED) is 0.758. The molecule has 1 aromatic carbocycles. The minimum atomic E-state index is -1.00. The molecule has 1 rings (SSSR count). The summed E-state index contributed by atoms with van der Waals surface area (Å²) in [7, 11) is 1.82. The number of hydrogen-bond donors (Lipinski definition) is 1. The smallest absolute Gasteiger partial charge is 0.341 e. The third-order valence-corrected chi connectivity index (χ3v) is 4.23. The Kier molecular flexibility index (Phi) is 7.59. The third kappa shape index (κ3) is 5.93. The normalized spacial score (nSPS) is 12.0. The van der Waals surface area contributed by atoms with E-state index in [1.807, 2.05) is 26.1 Å². The van der Waals surface area contributed by atoms with Gasteiger partial charge in [0, 0.05) is 19.5 Å². The molecule has 1 aromatic rings. The molecule has 5 nitrogen and oxygen atoms in total. The standard InChI is InChI=1S/C18H27NO4/c1-5-15(6-2)13(3)18(22)19(4)11-14-7-9-16(10-8-14)23-12-17(20)21/h7-10,13,15H,5-6,11-12H2,1-4H3,(H,20,21). The number of nitrogens with zero attached hydrogens (tertiary/aromatic N) is 1. The largest absolute Gasteiger partial charge is 0.482 e. The van der Waals surface area contributed by atoms with Crippen LogP contribution in [0.3, 0.4) is 0 Å². The number of amides is 1. The van der Waals surface area contributed by atoms with Gasteiger partial charge in [0.2, 0.25) is 5.91 Å². The highest BCUT2D eigenvalue weighted by Crippen LogP contribution is 2.22. The number of carboxylic acids is 1. The molecule has 0 saturated carbocycles. The molecule has 0 saturated heterocycles. The van der Waals surface area contributed by atoms with Crippen molar-refractivity contribution in [2.45, 2.75) is 40.2 Å². The molecule has 1 unspecified atom stereocenters. The molecule has 0 aliphatic rings. The zero-order valence-electron chi connectivity index (χ0n) is 14.4. The van der Waals surface area contributed by atoms with Crippen molar-refractivity contribution < 1.29 is 19.4 Å². The van der Waals surface area contributed by atoms with E-state index in [0.717, 1.165) is 18.4 Å². The van der Waals surface area contributed by atoms with E-state index in [1.54, 1.807) is 17.0 Å². The molecule has 1 amide bonds. The van der Waals surface area contributed by atoms with Crippen LogP contribution in [0.1, 0.15) is 39.2 Å². The van der Waals surface area contributed by atoms with Crippen LogP contribution in [0.4, 0.5) is 0 Å². The summed E-state index contributed by atoms with van der Waals surface area (Å²) < 4.78 is 5.09. The number of carbonyl (C=O) groups is 2. The number of aliphatic carboxylic acids is 1. The molecule has 0 aromatic heterocycles. The predicted molar refractivity (Wildman–Crippen MR) is 89.3 cm³/mol. The fourth-order valence-electron chi connectivity index (χ4n) is 2.73. The van der Waals surface area contributed by atoms with Crippen LogP contribution in [-0.2, 0) is 16.1 Å². The second kappa shape index (κ2) is 9.18. The van der Waals surface area contributed by atoms with Gasteiger partial charge in [0.25, 0.3) is 0 Å². The van der Waals surface area contributed by atoms with Gasteiger partial charge in [-0.15, -0.1) is 0 Å². The zero-order chi connectivity index (χ0) is 17.4. The first-order valence-electron chi connectivity index (χ1n) is 8.07. The minimum absolute atomic E-state index is 0.0215. The highest BCUT2D eigenvalue weighted by atomic mass is 16.5. The van der Waals surface area contributed by atoms with E-state index in [2.05, 4.69) is 13.8 Å². The lowest BCUT2D eigenvalue weighted by molar-refractivity contribution is -0.139. The van der Waals surface area contributed by atoms with Crippen molar-refractivity contribution in [3.63, 3.8) is 0 Å². The second-order valence-corrected chi connectivity index (χ2v) is 5.89. The van der Waals surface area contributed by atoms with Gasteiger partial charge in [-0.1, -0.05) is 45.7 Å². The van der Waals surface area contributed by atoms with Gasteiger partial charge < -0.3 is 14.7 Å². The number of carboxylic acid groups (broad SMARTS) is 1. The lowest BCUT2D eigenvalue weighted by Gasteiger charge is -2.26. The first kappa shape index (κ1) is 19.0. The van der Waals surface area contributed by atoms with E-state index in [9.17, 15) is 9.59 Å².